The molecule has 0 spiro atoms. The fraction of sp³-hybridized carbons (Fsp3) is 0.955. The number of ether oxygens (including phenoxy) is 4. The van der Waals surface area contributed by atoms with E-state index in [1.165, 1.54) is 0 Å². The van der Waals surface area contributed by atoms with Gasteiger partial charge in [-0.05, 0) is 71.6 Å². The Morgan fingerprint density at radius 2 is 1.04 bits per heavy atom. The van der Waals surface area contributed by atoms with Crippen LogP contribution in [0.1, 0.15) is 78.6 Å². The van der Waals surface area contributed by atoms with E-state index in [2.05, 4.69) is 0 Å². The topological polar surface area (TPSA) is 74.2 Å². The molecule has 0 saturated carbocycles. The smallest absolute Gasteiger partial charge is 0.311 e. The largest absolute Gasteiger partial charge is 0.465 e. The second-order valence-corrected chi connectivity index (χ2v) is 7.76. The Labute approximate surface area is 172 Å². The maximum Gasteiger partial charge on any atom is 0.311 e. The van der Waals surface area contributed by atoms with Crippen molar-refractivity contribution in [3.05, 3.63) is 0 Å². The van der Waals surface area contributed by atoms with Crippen LogP contribution in [0.25, 0.3) is 0 Å². The lowest BCUT2D eigenvalue weighted by Gasteiger charge is -2.20. The summed E-state index contributed by atoms with van der Waals surface area (Å²) in [6, 6.07) is 0. The van der Waals surface area contributed by atoms with Crippen molar-refractivity contribution in [2.24, 2.45) is 5.41 Å². The van der Waals surface area contributed by atoms with E-state index in [4.69, 9.17) is 24.1 Å². The number of hydrogen-bond donors (Lipinski definition) is 1. The van der Waals surface area contributed by atoms with Crippen molar-refractivity contribution in [2.45, 2.75) is 78.6 Å². The molecule has 0 saturated heterocycles. The van der Waals surface area contributed by atoms with Crippen LogP contribution in [0.15, 0.2) is 0 Å². The van der Waals surface area contributed by atoms with Gasteiger partial charge in [-0.3, -0.25) is 4.79 Å². The first-order valence-electron chi connectivity index (χ1n) is 11.1. The maximum atomic E-state index is 11.8. The van der Waals surface area contributed by atoms with E-state index in [0.29, 0.717) is 13.2 Å². The van der Waals surface area contributed by atoms with Crippen LogP contribution in [0.2, 0.25) is 0 Å². The minimum atomic E-state index is -0.382. The molecule has 0 rings (SSSR count). The van der Waals surface area contributed by atoms with Gasteiger partial charge in [0.25, 0.3) is 0 Å². The lowest BCUT2D eigenvalue weighted by Crippen LogP contribution is -2.26. The third-order valence-corrected chi connectivity index (χ3v) is 4.70. The SMILES string of the molecule is CCC(C)(C)C(=O)OCCCCOCCCCOCCCCOCCCCO. The van der Waals surface area contributed by atoms with Crippen LogP contribution in [-0.4, -0.2) is 63.9 Å². The molecule has 1 N–H and O–H groups in total. The van der Waals surface area contributed by atoms with Gasteiger partial charge in [0.15, 0.2) is 0 Å². The average Bonchev–Trinajstić information content (AvgIpc) is 2.69. The molecule has 168 valence electrons. The molecule has 0 radical (unpaired) electrons. The minimum Gasteiger partial charge on any atom is -0.465 e. The number of unbranched alkanes of at least 4 members (excludes halogenated alkanes) is 4. The second kappa shape index (κ2) is 19.6. The van der Waals surface area contributed by atoms with Gasteiger partial charge in [-0.1, -0.05) is 6.92 Å². The summed E-state index contributed by atoms with van der Waals surface area (Å²) < 4.78 is 22.0. The fourth-order valence-corrected chi connectivity index (χ4v) is 2.25. The highest BCUT2D eigenvalue weighted by Crippen LogP contribution is 2.21. The molecule has 0 bridgehead atoms. The Kier molecular flexibility index (Phi) is 19.1. The molecule has 6 heteroatoms. The Morgan fingerprint density at radius 1 is 0.679 bits per heavy atom. The average molecular weight is 405 g/mol. The summed E-state index contributed by atoms with van der Waals surface area (Å²) in [5, 5.41) is 8.65. The van der Waals surface area contributed by atoms with Crippen LogP contribution < -0.4 is 0 Å². The molecule has 0 atom stereocenters. The Morgan fingerprint density at radius 3 is 1.39 bits per heavy atom. The van der Waals surface area contributed by atoms with Crippen molar-refractivity contribution in [1.29, 1.82) is 0 Å². The van der Waals surface area contributed by atoms with Crippen molar-refractivity contribution in [3.63, 3.8) is 0 Å². The number of carbonyl (C=O) groups excluding carboxylic acids is 1. The van der Waals surface area contributed by atoms with E-state index in [9.17, 15) is 4.79 Å². The number of rotatable bonds is 21. The van der Waals surface area contributed by atoms with Crippen molar-refractivity contribution in [1.82, 2.24) is 0 Å². The summed E-state index contributed by atoms with van der Waals surface area (Å²) in [4.78, 5) is 11.8. The van der Waals surface area contributed by atoms with E-state index >= 15 is 0 Å². The Bertz CT molecular complexity index is 346. The highest BCUT2D eigenvalue weighted by Gasteiger charge is 2.26. The standard InChI is InChI=1S/C22H44O6/c1-4-22(2,3)21(24)28-20-12-11-19-27-18-10-9-17-26-16-8-7-15-25-14-6-5-13-23/h23H,4-20H2,1-3H3. The summed E-state index contributed by atoms with van der Waals surface area (Å²) in [5.74, 6) is -0.110. The molecule has 28 heavy (non-hydrogen) atoms. The minimum absolute atomic E-state index is 0.110. The van der Waals surface area contributed by atoms with Crippen LogP contribution in [-0.2, 0) is 23.7 Å². The third kappa shape index (κ3) is 17.4. The van der Waals surface area contributed by atoms with Gasteiger partial charge in [0.1, 0.15) is 0 Å². The molecule has 0 amide bonds. The lowest BCUT2D eigenvalue weighted by molar-refractivity contribution is -0.154. The van der Waals surface area contributed by atoms with Gasteiger partial charge in [0.05, 0.1) is 12.0 Å². The molecule has 0 aliphatic carbocycles. The van der Waals surface area contributed by atoms with Crippen molar-refractivity contribution in [3.8, 4) is 0 Å². The zero-order chi connectivity index (χ0) is 20.9. The first-order valence-corrected chi connectivity index (χ1v) is 11.1. The van der Waals surface area contributed by atoms with Crippen LogP contribution in [0.3, 0.4) is 0 Å². The van der Waals surface area contributed by atoms with Crippen LogP contribution >= 0.6 is 0 Å². The molecule has 0 aliphatic heterocycles. The van der Waals surface area contributed by atoms with Crippen molar-refractivity contribution < 1.29 is 28.8 Å². The van der Waals surface area contributed by atoms with E-state index in [1.807, 2.05) is 20.8 Å². The van der Waals surface area contributed by atoms with Gasteiger partial charge >= 0.3 is 5.97 Å². The number of carbonyl (C=O) groups is 1. The van der Waals surface area contributed by atoms with Crippen molar-refractivity contribution >= 4 is 5.97 Å². The van der Waals surface area contributed by atoms with E-state index in [-0.39, 0.29) is 18.0 Å². The predicted octanol–water partition coefficient (Wildman–Crippen LogP) is 4.13. The van der Waals surface area contributed by atoms with Gasteiger partial charge in [0, 0.05) is 46.2 Å². The number of aliphatic hydroxyl groups excluding tert-OH is 1. The zero-order valence-electron chi connectivity index (χ0n) is 18.5. The fourth-order valence-electron chi connectivity index (χ4n) is 2.25. The molecule has 0 unspecified atom stereocenters. The molecular formula is C22H44O6. The highest BCUT2D eigenvalue weighted by molar-refractivity contribution is 5.75. The predicted molar refractivity (Wildman–Crippen MR) is 112 cm³/mol. The molecule has 6 nitrogen and oxygen atoms in total. The zero-order valence-corrected chi connectivity index (χ0v) is 18.5. The molecule has 0 aromatic rings. The Balaban J connectivity index is 3.15. The first-order chi connectivity index (χ1) is 13.5. The van der Waals surface area contributed by atoms with Crippen LogP contribution in [0.5, 0.6) is 0 Å². The van der Waals surface area contributed by atoms with Gasteiger partial charge in [0.2, 0.25) is 0 Å². The number of esters is 1. The van der Waals surface area contributed by atoms with Gasteiger partial charge < -0.3 is 24.1 Å². The van der Waals surface area contributed by atoms with Crippen molar-refractivity contribution in [2.75, 3.05) is 52.9 Å². The van der Waals surface area contributed by atoms with Gasteiger partial charge in [-0.2, -0.15) is 0 Å². The third-order valence-electron chi connectivity index (χ3n) is 4.70. The summed E-state index contributed by atoms with van der Waals surface area (Å²) in [7, 11) is 0. The maximum absolute atomic E-state index is 11.8. The summed E-state index contributed by atoms with van der Waals surface area (Å²) in [5.41, 5.74) is -0.382. The number of aliphatic hydroxyl groups is 1. The quantitative estimate of drug-likeness (QED) is 0.229. The van der Waals surface area contributed by atoms with E-state index < -0.39 is 0 Å². The highest BCUT2D eigenvalue weighted by atomic mass is 16.5. The molecule has 0 fully saturated rings. The summed E-state index contributed by atoms with van der Waals surface area (Å²) in [6.45, 7) is 11.1. The molecule has 0 aliphatic rings. The monoisotopic (exact) mass is 404 g/mol. The Hall–Kier alpha value is -0.690. The normalized spacial score (nSPS) is 11.7. The van der Waals surface area contributed by atoms with E-state index in [0.717, 1.165) is 90.8 Å². The summed E-state index contributed by atoms with van der Waals surface area (Å²) in [6.07, 6.45) is 8.37. The van der Waals surface area contributed by atoms with Gasteiger partial charge in [-0.25, -0.2) is 0 Å². The second-order valence-electron chi connectivity index (χ2n) is 7.76. The lowest BCUT2D eigenvalue weighted by atomic mass is 9.91. The van der Waals surface area contributed by atoms with Crippen LogP contribution in [0, 0.1) is 5.41 Å². The molecule has 0 aromatic carbocycles. The molecule has 0 aromatic heterocycles. The van der Waals surface area contributed by atoms with Crippen LogP contribution in [0.4, 0.5) is 0 Å². The van der Waals surface area contributed by atoms with E-state index in [1.54, 1.807) is 0 Å². The molecular weight excluding hydrogens is 360 g/mol. The first kappa shape index (κ1) is 27.3. The summed E-state index contributed by atoms with van der Waals surface area (Å²) >= 11 is 0. The molecule has 0 heterocycles. The van der Waals surface area contributed by atoms with Gasteiger partial charge in [-0.15, -0.1) is 0 Å². The number of hydrogen-bond acceptors (Lipinski definition) is 6.